The zero-order valence-electron chi connectivity index (χ0n) is 14.2. The third-order valence-electron chi connectivity index (χ3n) is 3.82. The quantitative estimate of drug-likeness (QED) is 0.876. The Bertz CT molecular complexity index is 754. The van der Waals surface area contributed by atoms with Crippen LogP contribution in [0.4, 0.5) is 5.69 Å². The van der Waals surface area contributed by atoms with Gasteiger partial charge in [-0.1, -0.05) is 5.16 Å². The van der Waals surface area contributed by atoms with E-state index in [1.54, 1.807) is 19.2 Å². The van der Waals surface area contributed by atoms with E-state index in [0.29, 0.717) is 18.7 Å². The Morgan fingerprint density at radius 3 is 2.48 bits per heavy atom. The number of benzene rings is 2. The summed E-state index contributed by atoms with van der Waals surface area (Å²) < 4.78 is 10.5. The minimum atomic E-state index is -0.635. The van der Waals surface area contributed by atoms with Gasteiger partial charge in [0.15, 0.2) is 0 Å². The van der Waals surface area contributed by atoms with Crippen LogP contribution in [0.2, 0.25) is 0 Å². The molecule has 1 atom stereocenters. The summed E-state index contributed by atoms with van der Waals surface area (Å²) in [6.07, 6.45) is -0.210. The molecule has 0 bridgehead atoms. The summed E-state index contributed by atoms with van der Waals surface area (Å²) in [6, 6.07) is 14.7. The van der Waals surface area contributed by atoms with Gasteiger partial charge in [-0.15, -0.1) is 0 Å². The van der Waals surface area contributed by atoms with Crippen molar-refractivity contribution >= 4 is 17.3 Å². The summed E-state index contributed by atoms with van der Waals surface area (Å²) in [5.41, 5.74) is 2.35. The maximum Gasteiger partial charge on any atom is 0.268 e. The molecule has 130 valence electrons. The molecule has 1 N–H and O–H groups in total. The first-order valence-corrected chi connectivity index (χ1v) is 8.10. The number of nitrogens with zero attached hydrogens (tertiary/aromatic N) is 1. The lowest BCUT2D eigenvalue weighted by Gasteiger charge is -2.10. The molecule has 6 heteroatoms. The lowest BCUT2D eigenvalue weighted by Crippen LogP contribution is -2.28. The molecular weight excluding hydrogens is 320 g/mol. The standard InChI is InChI=1S/C19H20N2O4/c1-3-24-16-10-6-14(7-11-16)20-19(22)18-12-17(21-25-18)13-4-8-15(23-2)9-5-13/h4-11,18H,3,12H2,1-2H3,(H,20,22)/t18-/m0/s1. The number of rotatable bonds is 6. The fraction of sp³-hybridized carbons (Fsp3) is 0.263. The summed E-state index contributed by atoms with van der Waals surface area (Å²) in [6.45, 7) is 2.53. The monoisotopic (exact) mass is 340 g/mol. The van der Waals surface area contributed by atoms with Crippen LogP contribution in [0.3, 0.4) is 0 Å². The molecule has 25 heavy (non-hydrogen) atoms. The van der Waals surface area contributed by atoms with Gasteiger partial charge < -0.3 is 19.6 Å². The fourth-order valence-corrected chi connectivity index (χ4v) is 2.50. The summed E-state index contributed by atoms with van der Waals surface area (Å²) >= 11 is 0. The largest absolute Gasteiger partial charge is 0.497 e. The first-order valence-electron chi connectivity index (χ1n) is 8.10. The van der Waals surface area contributed by atoms with Crippen molar-refractivity contribution in [3.63, 3.8) is 0 Å². The highest BCUT2D eigenvalue weighted by atomic mass is 16.6. The molecule has 0 saturated carbocycles. The molecule has 1 amide bonds. The highest BCUT2D eigenvalue weighted by Gasteiger charge is 2.28. The SMILES string of the molecule is CCOc1ccc(NC(=O)[C@@H]2CC(c3ccc(OC)cc3)=NO2)cc1. The maximum absolute atomic E-state index is 12.3. The number of hydrogen-bond acceptors (Lipinski definition) is 5. The van der Waals surface area contributed by atoms with Crippen molar-refractivity contribution in [2.45, 2.75) is 19.4 Å². The third-order valence-corrected chi connectivity index (χ3v) is 3.82. The molecule has 0 saturated heterocycles. The highest BCUT2D eigenvalue weighted by Crippen LogP contribution is 2.21. The first-order chi connectivity index (χ1) is 12.2. The lowest BCUT2D eigenvalue weighted by atomic mass is 10.0. The van der Waals surface area contributed by atoms with E-state index < -0.39 is 6.10 Å². The molecule has 6 nitrogen and oxygen atoms in total. The van der Waals surface area contributed by atoms with E-state index in [1.165, 1.54) is 0 Å². The predicted molar refractivity (Wildman–Crippen MR) is 95.3 cm³/mol. The molecule has 0 unspecified atom stereocenters. The second kappa shape index (κ2) is 7.70. The maximum atomic E-state index is 12.3. The van der Waals surface area contributed by atoms with E-state index in [1.807, 2.05) is 43.3 Å². The normalized spacial score (nSPS) is 15.9. The number of hydrogen-bond donors (Lipinski definition) is 1. The Morgan fingerprint density at radius 2 is 1.84 bits per heavy atom. The zero-order valence-corrected chi connectivity index (χ0v) is 14.2. The van der Waals surface area contributed by atoms with Crippen LogP contribution in [-0.2, 0) is 9.63 Å². The molecule has 0 aromatic heterocycles. The zero-order chi connectivity index (χ0) is 17.6. The van der Waals surface area contributed by atoms with Gasteiger partial charge in [0.2, 0.25) is 6.10 Å². The van der Waals surface area contributed by atoms with Crippen molar-refractivity contribution in [1.29, 1.82) is 0 Å². The number of nitrogens with one attached hydrogen (secondary N) is 1. The van der Waals surface area contributed by atoms with Crippen LogP contribution in [0.15, 0.2) is 53.7 Å². The topological polar surface area (TPSA) is 69.2 Å². The average molecular weight is 340 g/mol. The Kier molecular flexibility index (Phi) is 5.18. The average Bonchev–Trinajstić information content (AvgIpc) is 3.14. The van der Waals surface area contributed by atoms with Gasteiger partial charge in [0.05, 0.1) is 19.4 Å². The van der Waals surface area contributed by atoms with Crippen molar-refractivity contribution in [2.75, 3.05) is 19.0 Å². The van der Waals surface area contributed by atoms with Gasteiger partial charge in [-0.25, -0.2) is 0 Å². The smallest absolute Gasteiger partial charge is 0.268 e. The number of carbonyl (C=O) groups excluding carboxylic acids is 1. The van der Waals surface area contributed by atoms with E-state index in [9.17, 15) is 4.79 Å². The number of amides is 1. The number of carbonyl (C=O) groups is 1. The Balaban J connectivity index is 1.57. The number of anilines is 1. The van der Waals surface area contributed by atoms with Crippen molar-refractivity contribution in [1.82, 2.24) is 0 Å². The molecule has 1 aliphatic heterocycles. The predicted octanol–water partition coefficient (Wildman–Crippen LogP) is 3.23. The van der Waals surface area contributed by atoms with Gasteiger partial charge in [0, 0.05) is 12.1 Å². The molecule has 3 rings (SSSR count). The van der Waals surface area contributed by atoms with E-state index in [4.69, 9.17) is 14.3 Å². The lowest BCUT2D eigenvalue weighted by molar-refractivity contribution is -0.125. The van der Waals surface area contributed by atoms with Crippen LogP contribution in [0.5, 0.6) is 11.5 Å². The minimum absolute atomic E-state index is 0.226. The molecule has 2 aromatic carbocycles. The number of oxime groups is 1. The van der Waals surface area contributed by atoms with E-state index in [-0.39, 0.29) is 5.91 Å². The van der Waals surface area contributed by atoms with Crippen LogP contribution in [0.1, 0.15) is 18.9 Å². The van der Waals surface area contributed by atoms with E-state index >= 15 is 0 Å². The molecule has 0 spiro atoms. The Labute approximate surface area is 146 Å². The van der Waals surface area contributed by atoms with Crippen molar-refractivity contribution in [3.8, 4) is 11.5 Å². The van der Waals surface area contributed by atoms with E-state index in [2.05, 4.69) is 10.5 Å². The first kappa shape index (κ1) is 16.8. The summed E-state index contributed by atoms with van der Waals surface area (Å²) in [5.74, 6) is 1.31. The summed E-state index contributed by atoms with van der Waals surface area (Å²) in [4.78, 5) is 17.6. The van der Waals surface area contributed by atoms with Crippen LogP contribution in [0, 0.1) is 0 Å². The molecule has 1 heterocycles. The fourth-order valence-electron chi connectivity index (χ4n) is 2.50. The van der Waals surface area contributed by atoms with Gasteiger partial charge >= 0.3 is 0 Å². The second-order valence-corrected chi connectivity index (χ2v) is 5.51. The molecular formula is C19H20N2O4. The summed E-state index contributed by atoms with van der Waals surface area (Å²) in [5, 5.41) is 6.87. The van der Waals surface area contributed by atoms with Crippen LogP contribution in [-0.4, -0.2) is 31.4 Å². The molecule has 1 aliphatic rings. The van der Waals surface area contributed by atoms with Gasteiger partial charge in [-0.2, -0.15) is 0 Å². The Hall–Kier alpha value is -3.02. The van der Waals surface area contributed by atoms with Gasteiger partial charge in [-0.3, -0.25) is 4.79 Å². The van der Waals surface area contributed by atoms with Crippen LogP contribution < -0.4 is 14.8 Å². The summed E-state index contributed by atoms with van der Waals surface area (Å²) in [7, 11) is 1.62. The third kappa shape index (κ3) is 4.09. The second-order valence-electron chi connectivity index (χ2n) is 5.51. The highest BCUT2D eigenvalue weighted by molar-refractivity contribution is 6.06. The Morgan fingerprint density at radius 1 is 1.16 bits per heavy atom. The number of methoxy groups -OCH3 is 1. The molecule has 2 aromatic rings. The minimum Gasteiger partial charge on any atom is -0.497 e. The molecule has 0 aliphatic carbocycles. The molecule has 0 radical (unpaired) electrons. The molecule has 0 fully saturated rings. The van der Waals surface area contributed by atoms with Gasteiger partial charge in [0.1, 0.15) is 11.5 Å². The van der Waals surface area contributed by atoms with Crippen LogP contribution in [0.25, 0.3) is 0 Å². The van der Waals surface area contributed by atoms with Crippen molar-refractivity contribution in [3.05, 3.63) is 54.1 Å². The van der Waals surface area contributed by atoms with Crippen molar-refractivity contribution in [2.24, 2.45) is 5.16 Å². The number of ether oxygens (including phenoxy) is 2. The van der Waals surface area contributed by atoms with Crippen LogP contribution >= 0.6 is 0 Å². The van der Waals surface area contributed by atoms with Gasteiger partial charge in [-0.05, 0) is 61.0 Å². The van der Waals surface area contributed by atoms with Crippen molar-refractivity contribution < 1.29 is 19.1 Å². The van der Waals surface area contributed by atoms with Gasteiger partial charge in [0.25, 0.3) is 5.91 Å². The van der Waals surface area contributed by atoms with E-state index in [0.717, 1.165) is 22.8 Å².